The largest absolute Gasteiger partial charge is 0.475 e. The van der Waals surface area contributed by atoms with Crippen molar-refractivity contribution in [3.05, 3.63) is 83.3 Å². The Morgan fingerprint density at radius 3 is 2.15 bits per heavy atom. The molecule has 4 rings (SSSR count). The Balaban J connectivity index is 1.36. The lowest BCUT2D eigenvalue weighted by molar-refractivity contribution is -0.124. The average Bonchev–Trinajstić information content (AvgIpc) is 3.43. The van der Waals surface area contributed by atoms with Crippen LogP contribution >= 0.6 is 0 Å². The minimum Gasteiger partial charge on any atom is -0.475 e. The second-order valence-corrected chi connectivity index (χ2v) is 8.48. The van der Waals surface area contributed by atoms with Crippen LogP contribution in [0.15, 0.2) is 65.1 Å². The quantitative estimate of drug-likeness (QED) is 0.463. The SMILES string of the molecule is CC(C)C(NC(=O)OCC1c2ccccc2-c2ccccc21)C(=O)NCc1ccc(C(=O)O)o1. The minimum atomic E-state index is -1.19. The van der Waals surface area contributed by atoms with Crippen LogP contribution in [0.2, 0.25) is 0 Å². The summed E-state index contributed by atoms with van der Waals surface area (Å²) >= 11 is 0. The van der Waals surface area contributed by atoms with Gasteiger partial charge in [0.1, 0.15) is 18.4 Å². The second-order valence-electron chi connectivity index (χ2n) is 8.48. The summed E-state index contributed by atoms with van der Waals surface area (Å²) < 4.78 is 10.7. The number of aromatic carboxylic acids is 1. The maximum atomic E-state index is 12.7. The monoisotopic (exact) mass is 462 g/mol. The normalized spacial score (nSPS) is 13.1. The number of ether oxygens (including phenoxy) is 1. The number of furan rings is 1. The van der Waals surface area contributed by atoms with Gasteiger partial charge in [-0.3, -0.25) is 4.79 Å². The standard InChI is InChI=1S/C26H26N2O6/c1-15(2)23(24(29)27-13-16-11-12-22(34-16)25(30)31)28-26(32)33-14-21-19-9-5-3-7-17(19)18-8-4-6-10-20(18)21/h3-12,15,21,23H,13-14H2,1-2H3,(H,27,29)(H,28,32)(H,30,31). The van der Waals surface area contributed by atoms with Crippen LogP contribution in [-0.2, 0) is 16.1 Å². The van der Waals surface area contributed by atoms with Crippen LogP contribution in [0.4, 0.5) is 4.79 Å². The summed E-state index contributed by atoms with van der Waals surface area (Å²) in [5.41, 5.74) is 4.48. The molecule has 0 saturated carbocycles. The molecule has 1 unspecified atom stereocenters. The Morgan fingerprint density at radius 1 is 0.971 bits per heavy atom. The van der Waals surface area contributed by atoms with E-state index < -0.39 is 24.0 Å². The topological polar surface area (TPSA) is 118 Å². The zero-order valence-electron chi connectivity index (χ0n) is 18.9. The molecular weight excluding hydrogens is 436 g/mol. The molecule has 34 heavy (non-hydrogen) atoms. The number of carboxylic acid groups (broad SMARTS) is 1. The van der Waals surface area contributed by atoms with Crippen molar-refractivity contribution in [1.29, 1.82) is 0 Å². The van der Waals surface area contributed by atoms with Crippen LogP contribution in [0, 0.1) is 5.92 Å². The third kappa shape index (κ3) is 4.80. The molecule has 8 nitrogen and oxygen atoms in total. The van der Waals surface area contributed by atoms with E-state index in [0.29, 0.717) is 5.76 Å². The summed E-state index contributed by atoms with van der Waals surface area (Å²) in [6, 6.07) is 18.1. The Kier molecular flexibility index (Phi) is 6.67. The molecule has 1 aromatic heterocycles. The molecule has 1 atom stereocenters. The Morgan fingerprint density at radius 2 is 1.59 bits per heavy atom. The number of carbonyl (C=O) groups is 3. The van der Waals surface area contributed by atoms with Crippen LogP contribution in [0.25, 0.3) is 11.1 Å². The van der Waals surface area contributed by atoms with E-state index in [1.807, 2.05) is 50.2 Å². The van der Waals surface area contributed by atoms with Gasteiger partial charge in [0, 0.05) is 5.92 Å². The summed E-state index contributed by atoms with van der Waals surface area (Å²) in [6.45, 7) is 3.77. The lowest BCUT2D eigenvalue weighted by Gasteiger charge is -2.22. The summed E-state index contributed by atoms with van der Waals surface area (Å²) in [5, 5.41) is 14.2. The molecule has 1 aliphatic carbocycles. The highest BCUT2D eigenvalue weighted by Gasteiger charge is 2.30. The number of rotatable bonds is 8. The van der Waals surface area contributed by atoms with Crippen LogP contribution < -0.4 is 10.6 Å². The summed E-state index contributed by atoms with van der Waals surface area (Å²) in [6.07, 6.45) is -0.679. The number of carboxylic acids is 1. The third-order valence-corrected chi connectivity index (χ3v) is 5.88. The van der Waals surface area contributed by atoms with Crippen molar-refractivity contribution in [3.8, 4) is 11.1 Å². The molecule has 0 bridgehead atoms. The number of benzene rings is 2. The van der Waals surface area contributed by atoms with E-state index >= 15 is 0 Å². The number of hydrogen-bond donors (Lipinski definition) is 3. The molecule has 0 saturated heterocycles. The van der Waals surface area contributed by atoms with Gasteiger partial charge in [-0.15, -0.1) is 0 Å². The predicted octanol–water partition coefficient (Wildman–Crippen LogP) is 4.16. The van der Waals surface area contributed by atoms with Crippen molar-refractivity contribution in [2.24, 2.45) is 5.92 Å². The zero-order chi connectivity index (χ0) is 24.2. The molecule has 3 aromatic rings. The fourth-order valence-electron chi connectivity index (χ4n) is 4.17. The Hall–Kier alpha value is -4.07. The van der Waals surface area contributed by atoms with Gasteiger partial charge >= 0.3 is 12.1 Å². The molecule has 2 amide bonds. The molecule has 0 spiro atoms. The molecule has 1 aliphatic rings. The number of carbonyl (C=O) groups excluding carboxylic acids is 2. The third-order valence-electron chi connectivity index (χ3n) is 5.88. The first-order valence-electron chi connectivity index (χ1n) is 11.1. The van der Waals surface area contributed by atoms with E-state index in [9.17, 15) is 14.4 Å². The van der Waals surface area contributed by atoms with Gasteiger partial charge in [-0.2, -0.15) is 0 Å². The number of hydrogen-bond acceptors (Lipinski definition) is 5. The number of nitrogens with one attached hydrogen (secondary N) is 2. The fourth-order valence-corrected chi connectivity index (χ4v) is 4.17. The molecule has 1 heterocycles. The smallest absolute Gasteiger partial charge is 0.407 e. The first kappa shape index (κ1) is 23.1. The van der Waals surface area contributed by atoms with Gasteiger partial charge in [-0.25, -0.2) is 9.59 Å². The molecular formula is C26H26N2O6. The lowest BCUT2D eigenvalue weighted by Crippen LogP contribution is -2.49. The molecule has 3 N–H and O–H groups in total. The second kappa shape index (κ2) is 9.82. The van der Waals surface area contributed by atoms with Crippen molar-refractivity contribution >= 4 is 18.0 Å². The first-order chi connectivity index (χ1) is 16.3. The van der Waals surface area contributed by atoms with E-state index in [2.05, 4.69) is 22.8 Å². The van der Waals surface area contributed by atoms with Crippen molar-refractivity contribution < 1.29 is 28.6 Å². The fraction of sp³-hybridized carbons (Fsp3) is 0.269. The molecule has 0 aliphatic heterocycles. The van der Waals surface area contributed by atoms with Crippen molar-refractivity contribution in [2.75, 3.05) is 6.61 Å². The first-order valence-corrected chi connectivity index (χ1v) is 11.1. The lowest BCUT2D eigenvalue weighted by atomic mass is 9.98. The van der Waals surface area contributed by atoms with E-state index in [0.717, 1.165) is 22.3 Å². The molecule has 176 valence electrons. The average molecular weight is 463 g/mol. The summed E-state index contributed by atoms with van der Waals surface area (Å²) in [5.74, 6) is -1.79. The van der Waals surface area contributed by atoms with E-state index in [4.69, 9.17) is 14.3 Å². The van der Waals surface area contributed by atoms with Gasteiger partial charge in [-0.05, 0) is 40.3 Å². The van der Waals surface area contributed by atoms with E-state index in [1.54, 1.807) is 0 Å². The van der Waals surface area contributed by atoms with Crippen molar-refractivity contribution in [2.45, 2.75) is 32.4 Å². The predicted molar refractivity (Wildman–Crippen MR) is 124 cm³/mol. The Labute approximate surface area is 196 Å². The van der Waals surface area contributed by atoms with Gasteiger partial charge in [-0.1, -0.05) is 62.4 Å². The molecule has 2 aromatic carbocycles. The zero-order valence-corrected chi connectivity index (χ0v) is 18.9. The van der Waals surface area contributed by atoms with Crippen LogP contribution in [-0.4, -0.2) is 35.7 Å². The van der Waals surface area contributed by atoms with Gasteiger partial charge in [0.05, 0.1) is 6.54 Å². The highest BCUT2D eigenvalue weighted by Crippen LogP contribution is 2.44. The van der Waals surface area contributed by atoms with Crippen LogP contribution in [0.3, 0.4) is 0 Å². The van der Waals surface area contributed by atoms with E-state index in [1.165, 1.54) is 12.1 Å². The van der Waals surface area contributed by atoms with Crippen molar-refractivity contribution in [1.82, 2.24) is 10.6 Å². The highest BCUT2D eigenvalue weighted by atomic mass is 16.5. The summed E-state index contributed by atoms with van der Waals surface area (Å²) in [4.78, 5) is 36.2. The van der Waals surface area contributed by atoms with Crippen LogP contribution in [0.5, 0.6) is 0 Å². The van der Waals surface area contributed by atoms with Crippen LogP contribution in [0.1, 0.15) is 47.2 Å². The molecule has 0 radical (unpaired) electrons. The number of alkyl carbamates (subject to hydrolysis) is 1. The minimum absolute atomic E-state index is 0.00169. The van der Waals surface area contributed by atoms with E-state index in [-0.39, 0.29) is 30.7 Å². The maximum Gasteiger partial charge on any atom is 0.407 e. The van der Waals surface area contributed by atoms with Gasteiger partial charge in [0.15, 0.2) is 0 Å². The molecule has 0 fully saturated rings. The molecule has 8 heteroatoms. The van der Waals surface area contributed by atoms with Crippen molar-refractivity contribution in [3.63, 3.8) is 0 Å². The Bertz CT molecular complexity index is 1170. The number of amides is 2. The van der Waals surface area contributed by atoms with Gasteiger partial charge < -0.3 is 24.9 Å². The maximum absolute atomic E-state index is 12.7. The summed E-state index contributed by atoms with van der Waals surface area (Å²) in [7, 11) is 0. The van der Waals surface area contributed by atoms with Gasteiger partial charge in [0.25, 0.3) is 0 Å². The highest BCUT2D eigenvalue weighted by molar-refractivity contribution is 5.86. The van der Waals surface area contributed by atoms with Gasteiger partial charge in [0.2, 0.25) is 11.7 Å². The number of fused-ring (bicyclic) bond motifs is 3.